The molecule has 1 aromatic rings. The van der Waals surface area contributed by atoms with Crippen molar-refractivity contribution in [3.8, 4) is 0 Å². The molecule has 0 saturated carbocycles. The highest BCUT2D eigenvalue weighted by atomic mass is 32.1. The van der Waals surface area contributed by atoms with E-state index in [0.29, 0.717) is 13.0 Å². The normalized spacial score (nSPS) is 22.9. The van der Waals surface area contributed by atoms with E-state index < -0.39 is 17.4 Å². The second kappa shape index (κ2) is 5.40. The number of nitrogens with zero attached hydrogens (tertiary/aromatic N) is 2. The van der Waals surface area contributed by atoms with Crippen LogP contribution in [0.5, 0.6) is 0 Å². The molecule has 2 atom stereocenters. The van der Waals surface area contributed by atoms with Crippen LogP contribution in [0.2, 0.25) is 0 Å². The van der Waals surface area contributed by atoms with Gasteiger partial charge in [0.15, 0.2) is 0 Å². The third-order valence-electron chi connectivity index (χ3n) is 3.72. The molecule has 110 valence electrons. The molecule has 1 aliphatic heterocycles. The highest BCUT2D eigenvalue weighted by Gasteiger charge is 2.39. The fraction of sp³-hybridized carbons (Fsp3) is 0.615. The van der Waals surface area contributed by atoms with Crippen molar-refractivity contribution in [2.75, 3.05) is 6.54 Å². The van der Waals surface area contributed by atoms with E-state index in [9.17, 15) is 9.59 Å². The quantitative estimate of drug-likeness (QED) is 0.892. The summed E-state index contributed by atoms with van der Waals surface area (Å²) < 4.78 is 0. The van der Waals surface area contributed by atoms with Gasteiger partial charge >= 0.3 is 12.0 Å². The summed E-state index contributed by atoms with van der Waals surface area (Å²) in [6, 6.07) is -0.527. The SMILES string of the molecule is CC1C(C(=O)O)CCN1C(=O)NC(C)(C)c1nccs1. The predicted octanol–water partition coefficient (Wildman–Crippen LogP) is 1.88. The maximum Gasteiger partial charge on any atom is 0.318 e. The van der Waals surface area contributed by atoms with Gasteiger partial charge in [-0.25, -0.2) is 9.78 Å². The smallest absolute Gasteiger partial charge is 0.318 e. The number of carbonyl (C=O) groups excluding carboxylic acids is 1. The number of aliphatic carboxylic acids is 1. The van der Waals surface area contributed by atoms with Crippen molar-refractivity contribution in [3.63, 3.8) is 0 Å². The maximum atomic E-state index is 12.3. The summed E-state index contributed by atoms with van der Waals surface area (Å²) in [5.41, 5.74) is -0.563. The topological polar surface area (TPSA) is 82.5 Å². The summed E-state index contributed by atoms with van der Waals surface area (Å²) in [6.45, 7) is 6.03. The second-order valence-electron chi connectivity index (χ2n) is 5.56. The Morgan fingerprint density at radius 2 is 2.25 bits per heavy atom. The minimum absolute atomic E-state index is 0.235. The third-order valence-corrected chi connectivity index (χ3v) is 4.82. The summed E-state index contributed by atoms with van der Waals surface area (Å²) >= 11 is 1.48. The molecule has 1 aromatic heterocycles. The fourth-order valence-corrected chi connectivity index (χ4v) is 3.20. The van der Waals surface area contributed by atoms with Crippen LogP contribution in [-0.2, 0) is 10.3 Å². The summed E-state index contributed by atoms with van der Waals surface area (Å²) in [4.78, 5) is 29.2. The number of carbonyl (C=O) groups is 2. The minimum Gasteiger partial charge on any atom is -0.481 e. The second-order valence-corrected chi connectivity index (χ2v) is 6.45. The molecule has 0 spiro atoms. The first-order chi connectivity index (χ1) is 9.33. The van der Waals surface area contributed by atoms with E-state index in [2.05, 4.69) is 10.3 Å². The van der Waals surface area contributed by atoms with Gasteiger partial charge in [0, 0.05) is 24.2 Å². The lowest BCUT2D eigenvalue weighted by Gasteiger charge is -2.30. The summed E-state index contributed by atoms with van der Waals surface area (Å²) in [7, 11) is 0. The molecule has 2 N–H and O–H groups in total. The predicted molar refractivity (Wildman–Crippen MR) is 75.6 cm³/mol. The van der Waals surface area contributed by atoms with Crippen LogP contribution in [0.3, 0.4) is 0 Å². The number of urea groups is 1. The first-order valence-corrected chi connectivity index (χ1v) is 7.42. The number of amides is 2. The largest absolute Gasteiger partial charge is 0.481 e. The van der Waals surface area contributed by atoms with Crippen molar-refractivity contribution >= 4 is 23.3 Å². The number of likely N-dealkylation sites (tertiary alicyclic amines) is 1. The lowest BCUT2D eigenvalue weighted by atomic mass is 10.0. The first kappa shape index (κ1) is 14.8. The van der Waals surface area contributed by atoms with Gasteiger partial charge in [0.05, 0.1) is 11.5 Å². The Bertz CT molecular complexity index is 501. The zero-order valence-electron chi connectivity index (χ0n) is 11.8. The molecule has 2 heterocycles. The zero-order valence-corrected chi connectivity index (χ0v) is 12.6. The number of hydrogen-bond acceptors (Lipinski definition) is 4. The molecule has 1 aliphatic rings. The number of carboxylic acids is 1. The van der Waals surface area contributed by atoms with Crippen LogP contribution in [0.15, 0.2) is 11.6 Å². The van der Waals surface area contributed by atoms with E-state index in [4.69, 9.17) is 5.11 Å². The lowest BCUT2D eigenvalue weighted by Crippen LogP contribution is -2.50. The Morgan fingerprint density at radius 3 is 2.75 bits per heavy atom. The van der Waals surface area contributed by atoms with E-state index in [1.54, 1.807) is 18.0 Å². The van der Waals surface area contributed by atoms with E-state index in [-0.39, 0.29) is 12.1 Å². The van der Waals surface area contributed by atoms with E-state index in [1.807, 2.05) is 19.2 Å². The van der Waals surface area contributed by atoms with Crippen LogP contribution in [0, 0.1) is 5.92 Å². The van der Waals surface area contributed by atoms with Gasteiger partial charge in [0.2, 0.25) is 0 Å². The van der Waals surface area contributed by atoms with Crippen LogP contribution in [0.1, 0.15) is 32.2 Å². The molecule has 1 fully saturated rings. The highest BCUT2D eigenvalue weighted by molar-refractivity contribution is 7.09. The Balaban J connectivity index is 2.04. The van der Waals surface area contributed by atoms with Gasteiger partial charge in [-0.1, -0.05) is 0 Å². The molecule has 7 heteroatoms. The Kier molecular flexibility index (Phi) is 3.99. The third kappa shape index (κ3) is 2.77. The molecule has 0 aromatic carbocycles. The van der Waals surface area contributed by atoms with Crippen LogP contribution in [0.25, 0.3) is 0 Å². The molecule has 2 unspecified atom stereocenters. The van der Waals surface area contributed by atoms with Crippen LogP contribution in [-0.4, -0.2) is 39.6 Å². The Hall–Kier alpha value is -1.63. The Labute approximate surface area is 121 Å². The maximum absolute atomic E-state index is 12.3. The van der Waals surface area contributed by atoms with Crippen LogP contribution >= 0.6 is 11.3 Å². The van der Waals surface area contributed by atoms with Crippen molar-refractivity contribution in [1.82, 2.24) is 15.2 Å². The standard InChI is InChI=1S/C13H19N3O3S/c1-8-9(10(17)18)4-6-16(8)12(19)15-13(2,3)11-14-5-7-20-11/h5,7-9H,4,6H2,1-3H3,(H,15,19)(H,17,18). The van der Waals surface area contributed by atoms with E-state index >= 15 is 0 Å². The molecule has 6 nitrogen and oxygen atoms in total. The van der Waals surface area contributed by atoms with Gasteiger partial charge in [0.1, 0.15) is 5.01 Å². The number of carboxylic acid groups (broad SMARTS) is 1. The molecule has 2 amide bonds. The Morgan fingerprint density at radius 1 is 1.55 bits per heavy atom. The van der Waals surface area contributed by atoms with Gasteiger partial charge in [0.25, 0.3) is 0 Å². The minimum atomic E-state index is -0.841. The number of rotatable bonds is 3. The van der Waals surface area contributed by atoms with Crippen molar-refractivity contribution in [2.45, 2.75) is 38.8 Å². The van der Waals surface area contributed by atoms with Crippen molar-refractivity contribution in [3.05, 3.63) is 16.6 Å². The fourth-order valence-electron chi connectivity index (χ4n) is 2.48. The molecular weight excluding hydrogens is 278 g/mol. The van der Waals surface area contributed by atoms with Gasteiger partial charge in [-0.3, -0.25) is 4.79 Å². The molecular formula is C13H19N3O3S. The van der Waals surface area contributed by atoms with Gasteiger partial charge < -0.3 is 15.3 Å². The average molecular weight is 297 g/mol. The first-order valence-electron chi connectivity index (χ1n) is 6.54. The lowest BCUT2D eigenvalue weighted by molar-refractivity contribution is -0.142. The monoisotopic (exact) mass is 297 g/mol. The molecule has 1 saturated heterocycles. The van der Waals surface area contributed by atoms with Crippen molar-refractivity contribution in [1.29, 1.82) is 0 Å². The summed E-state index contributed by atoms with van der Waals surface area (Å²) in [6.07, 6.45) is 2.20. The number of hydrogen-bond donors (Lipinski definition) is 2. The van der Waals surface area contributed by atoms with Crippen molar-refractivity contribution < 1.29 is 14.7 Å². The zero-order chi connectivity index (χ0) is 14.9. The van der Waals surface area contributed by atoms with E-state index in [1.165, 1.54) is 11.3 Å². The van der Waals surface area contributed by atoms with E-state index in [0.717, 1.165) is 5.01 Å². The summed E-state index contributed by atoms with van der Waals surface area (Å²) in [5, 5.41) is 14.7. The van der Waals surface area contributed by atoms with Gasteiger partial charge in [-0.2, -0.15) is 0 Å². The number of thiazole rings is 1. The number of nitrogens with one attached hydrogen (secondary N) is 1. The average Bonchev–Trinajstić information content (AvgIpc) is 2.96. The number of aromatic nitrogens is 1. The van der Waals surface area contributed by atoms with Gasteiger partial charge in [-0.05, 0) is 27.2 Å². The highest BCUT2D eigenvalue weighted by Crippen LogP contribution is 2.27. The van der Waals surface area contributed by atoms with Crippen LogP contribution < -0.4 is 5.32 Å². The summed E-state index contributed by atoms with van der Waals surface area (Å²) in [5.74, 6) is -1.32. The molecule has 20 heavy (non-hydrogen) atoms. The molecule has 2 rings (SSSR count). The van der Waals surface area contributed by atoms with Crippen molar-refractivity contribution in [2.24, 2.45) is 5.92 Å². The van der Waals surface area contributed by atoms with Gasteiger partial charge in [-0.15, -0.1) is 11.3 Å². The molecule has 0 bridgehead atoms. The molecule has 0 aliphatic carbocycles. The molecule has 0 radical (unpaired) electrons. The van der Waals surface area contributed by atoms with Crippen LogP contribution in [0.4, 0.5) is 4.79 Å².